The molecule has 1 amide bonds. The molecular formula is C34H43F6N5O5. The summed E-state index contributed by atoms with van der Waals surface area (Å²) in [5.74, 6) is -1.18. The van der Waals surface area contributed by atoms with E-state index in [2.05, 4.69) is 9.97 Å². The number of aliphatic carboxylic acids is 1. The second-order valence-corrected chi connectivity index (χ2v) is 13.2. The lowest BCUT2D eigenvalue weighted by molar-refractivity contribution is -0.144. The van der Waals surface area contributed by atoms with Gasteiger partial charge in [-0.1, -0.05) is 13.8 Å². The van der Waals surface area contributed by atoms with Crippen LogP contribution in [0.15, 0.2) is 30.6 Å². The van der Waals surface area contributed by atoms with E-state index in [0.29, 0.717) is 83.4 Å². The number of morpholine rings is 1. The number of carbonyl (C=O) groups is 2. The predicted octanol–water partition coefficient (Wildman–Crippen LogP) is 7.16. The minimum atomic E-state index is -5.00. The van der Waals surface area contributed by atoms with Crippen molar-refractivity contribution in [2.45, 2.75) is 108 Å². The normalized spacial score (nSPS) is 24.9. The predicted molar refractivity (Wildman–Crippen MR) is 171 cm³/mol. The summed E-state index contributed by atoms with van der Waals surface area (Å²) in [5, 5.41) is 9.32. The Morgan fingerprint density at radius 1 is 0.900 bits per heavy atom. The molecule has 1 aliphatic carbocycles. The molecular weight excluding hydrogens is 672 g/mol. The molecule has 1 aromatic carbocycles. The van der Waals surface area contributed by atoms with Crippen molar-refractivity contribution < 1.29 is 50.5 Å². The molecule has 50 heavy (non-hydrogen) atoms. The van der Waals surface area contributed by atoms with E-state index in [9.17, 15) is 41.0 Å². The van der Waals surface area contributed by atoms with E-state index in [1.54, 1.807) is 22.2 Å². The lowest BCUT2D eigenvalue weighted by Crippen LogP contribution is -2.57. The summed E-state index contributed by atoms with van der Waals surface area (Å²) in [5.41, 5.74) is -2.30. The third kappa shape index (κ3) is 8.90. The molecule has 1 aromatic heterocycles. The molecule has 1 saturated carbocycles. The third-order valence-electron chi connectivity index (χ3n) is 10.0. The molecule has 2 aromatic rings. The van der Waals surface area contributed by atoms with Crippen LogP contribution < -0.4 is 9.80 Å². The summed E-state index contributed by atoms with van der Waals surface area (Å²) in [6, 6.07) is 0.403. The number of carboxylic acid groups (broad SMARTS) is 1. The largest absolute Gasteiger partial charge is 0.481 e. The lowest BCUT2D eigenvalue weighted by Gasteiger charge is -2.47. The zero-order valence-electron chi connectivity index (χ0n) is 28.0. The van der Waals surface area contributed by atoms with Gasteiger partial charge in [-0.25, -0.2) is 14.8 Å². The molecule has 2 aliphatic heterocycles. The van der Waals surface area contributed by atoms with Gasteiger partial charge in [0.25, 0.3) is 0 Å². The van der Waals surface area contributed by atoms with E-state index in [1.165, 1.54) is 0 Å². The van der Waals surface area contributed by atoms with Gasteiger partial charge in [-0.05, 0) is 75.1 Å². The Kier molecular flexibility index (Phi) is 11.7. The Bertz CT molecular complexity index is 1420. The molecule has 3 atom stereocenters. The van der Waals surface area contributed by atoms with Crippen LogP contribution in [0.25, 0.3) is 0 Å². The molecule has 0 spiro atoms. The molecule has 2 saturated heterocycles. The van der Waals surface area contributed by atoms with Crippen LogP contribution in [-0.4, -0.2) is 82.6 Å². The van der Waals surface area contributed by atoms with Gasteiger partial charge in [-0.2, -0.15) is 26.3 Å². The van der Waals surface area contributed by atoms with Crippen LogP contribution in [0.2, 0.25) is 0 Å². The molecule has 16 heteroatoms. The number of anilines is 2. The van der Waals surface area contributed by atoms with Gasteiger partial charge in [-0.15, -0.1) is 0 Å². The van der Waals surface area contributed by atoms with E-state index in [1.807, 2.05) is 18.7 Å². The Morgan fingerprint density at radius 3 is 1.92 bits per heavy atom. The van der Waals surface area contributed by atoms with Crippen molar-refractivity contribution in [1.82, 2.24) is 14.9 Å². The molecule has 0 bridgehead atoms. The van der Waals surface area contributed by atoms with Crippen molar-refractivity contribution in [3.05, 3.63) is 47.3 Å². The Labute approximate surface area is 286 Å². The van der Waals surface area contributed by atoms with Gasteiger partial charge < -0.3 is 29.3 Å². The second kappa shape index (κ2) is 15.6. The molecule has 276 valence electrons. The van der Waals surface area contributed by atoms with Gasteiger partial charge in [0.05, 0.1) is 48.3 Å². The summed E-state index contributed by atoms with van der Waals surface area (Å²) < 4.78 is 94.2. The van der Waals surface area contributed by atoms with Crippen LogP contribution >= 0.6 is 0 Å². The first-order valence-electron chi connectivity index (χ1n) is 17.1. The standard InChI is InChI=1S/C34H43F6N5O5/c1-3-25-16-27(17-26(4-2)45(25)32(48)50-29-7-5-22(6-8-29)30(46)47)44(31-41-18-28(19-42-31)43-9-11-49-12-10-43)20-21-13-23(33(35,36)37)15-24(14-21)34(38,39)40/h13-15,18-19,22,25-27,29H,3-12,16-17,20H2,1-2H3,(H,46,47)/t22?,25-,26+,27?,29?. The number of aromatic nitrogens is 2. The van der Waals surface area contributed by atoms with Crippen LogP contribution in [0.4, 0.5) is 42.8 Å². The number of carbonyl (C=O) groups excluding carboxylic acids is 1. The highest BCUT2D eigenvalue weighted by atomic mass is 19.4. The molecule has 5 rings (SSSR count). The van der Waals surface area contributed by atoms with Crippen LogP contribution in [0.5, 0.6) is 0 Å². The highest BCUT2D eigenvalue weighted by Crippen LogP contribution is 2.39. The zero-order chi connectivity index (χ0) is 36.2. The fraction of sp³-hybridized carbons (Fsp3) is 0.647. The van der Waals surface area contributed by atoms with Crippen molar-refractivity contribution in [2.75, 3.05) is 36.1 Å². The van der Waals surface area contributed by atoms with Crippen LogP contribution in [0, 0.1) is 5.92 Å². The summed E-state index contributed by atoms with van der Waals surface area (Å²) in [4.78, 5) is 39.5. The number of hydrogen-bond acceptors (Lipinski definition) is 8. The molecule has 1 unspecified atom stereocenters. The third-order valence-corrected chi connectivity index (χ3v) is 10.0. The van der Waals surface area contributed by atoms with Gasteiger partial charge in [-0.3, -0.25) is 4.79 Å². The maximum Gasteiger partial charge on any atom is 0.416 e. The Balaban J connectivity index is 1.44. The molecule has 10 nitrogen and oxygen atoms in total. The SMILES string of the molecule is CC[C@@H]1CC(N(Cc2cc(C(F)(F)F)cc(C(F)(F)F)c2)c2ncc(N3CCOCC3)cn2)C[C@H](CC)N1C(=O)OC1CCC(C(=O)O)CC1. The van der Waals surface area contributed by atoms with E-state index >= 15 is 0 Å². The summed E-state index contributed by atoms with van der Waals surface area (Å²) in [6.45, 7) is 5.74. The monoisotopic (exact) mass is 715 g/mol. The van der Waals surface area contributed by atoms with E-state index in [0.717, 1.165) is 12.1 Å². The quantitative estimate of drug-likeness (QED) is 0.271. The second-order valence-electron chi connectivity index (χ2n) is 13.2. The maximum atomic E-state index is 13.8. The fourth-order valence-corrected chi connectivity index (χ4v) is 7.28. The topological polar surface area (TPSA) is 108 Å². The summed E-state index contributed by atoms with van der Waals surface area (Å²) >= 11 is 0. The van der Waals surface area contributed by atoms with Crippen molar-refractivity contribution in [2.24, 2.45) is 5.92 Å². The van der Waals surface area contributed by atoms with Gasteiger partial charge in [0.2, 0.25) is 5.95 Å². The number of carboxylic acids is 1. The van der Waals surface area contributed by atoms with Gasteiger partial charge in [0.1, 0.15) is 6.10 Å². The van der Waals surface area contributed by atoms with Crippen molar-refractivity contribution >= 4 is 23.7 Å². The average Bonchev–Trinajstić information content (AvgIpc) is 3.09. The zero-order valence-corrected chi connectivity index (χ0v) is 28.0. The summed E-state index contributed by atoms with van der Waals surface area (Å²) in [6.07, 6.45) is -4.33. The number of piperidine rings is 1. The van der Waals surface area contributed by atoms with E-state index in [-0.39, 0.29) is 36.2 Å². The number of likely N-dealkylation sites (tertiary alicyclic amines) is 1. The number of hydrogen-bond donors (Lipinski definition) is 1. The minimum Gasteiger partial charge on any atom is -0.481 e. The van der Waals surface area contributed by atoms with Crippen molar-refractivity contribution in [3.63, 3.8) is 0 Å². The average molecular weight is 716 g/mol. The molecule has 3 heterocycles. The highest BCUT2D eigenvalue weighted by Gasteiger charge is 2.42. The fourth-order valence-electron chi connectivity index (χ4n) is 7.28. The number of rotatable bonds is 9. The van der Waals surface area contributed by atoms with Gasteiger partial charge >= 0.3 is 24.4 Å². The first-order valence-corrected chi connectivity index (χ1v) is 17.1. The van der Waals surface area contributed by atoms with Crippen molar-refractivity contribution in [1.29, 1.82) is 0 Å². The Morgan fingerprint density at radius 2 is 1.44 bits per heavy atom. The number of halogens is 6. The van der Waals surface area contributed by atoms with Crippen LogP contribution in [0.1, 0.15) is 81.9 Å². The smallest absolute Gasteiger partial charge is 0.416 e. The first kappa shape index (κ1) is 37.4. The van der Waals surface area contributed by atoms with Crippen molar-refractivity contribution in [3.8, 4) is 0 Å². The minimum absolute atomic E-state index is 0.111. The van der Waals surface area contributed by atoms with E-state index in [4.69, 9.17) is 9.47 Å². The molecule has 3 aliphatic rings. The number of benzene rings is 1. The number of amides is 1. The highest BCUT2D eigenvalue weighted by molar-refractivity contribution is 5.70. The number of nitrogens with zero attached hydrogens (tertiary/aromatic N) is 5. The maximum absolute atomic E-state index is 13.8. The number of ether oxygens (including phenoxy) is 2. The lowest BCUT2D eigenvalue weighted by atomic mass is 9.87. The van der Waals surface area contributed by atoms with Gasteiger partial charge in [0.15, 0.2) is 0 Å². The first-order chi connectivity index (χ1) is 23.7. The van der Waals surface area contributed by atoms with E-state index < -0.39 is 53.6 Å². The molecule has 0 radical (unpaired) electrons. The van der Waals surface area contributed by atoms with Crippen LogP contribution in [-0.2, 0) is 33.2 Å². The molecule has 1 N–H and O–H groups in total. The van der Waals surface area contributed by atoms with Gasteiger partial charge in [0, 0.05) is 37.8 Å². The summed E-state index contributed by atoms with van der Waals surface area (Å²) in [7, 11) is 0. The number of alkyl halides is 6. The van der Waals surface area contributed by atoms with Crippen LogP contribution in [0.3, 0.4) is 0 Å². The Hall–Kier alpha value is -3.82. The molecule has 3 fully saturated rings.